The number of phenols is 1. The molecule has 0 fully saturated rings. The lowest BCUT2D eigenvalue weighted by Crippen LogP contribution is -2.14. The molecule has 14 heavy (non-hydrogen) atoms. The largest absolute Gasteiger partial charge is 0.508 e. The molecule has 0 unspecified atom stereocenters. The summed E-state index contributed by atoms with van der Waals surface area (Å²) >= 11 is 5.79. The van der Waals surface area contributed by atoms with Crippen molar-refractivity contribution in [3.05, 3.63) is 28.8 Å². The molecule has 2 N–H and O–H groups in total. The Morgan fingerprint density at radius 1 is 1.50 bits per heavy atom. The van der Waals surface area contributed by atoms with Crippen molar-refractivity contribution < 1.29 is 5.11 Å². The van der Waals surface area contributed by atoms with E-state index in [-0.39, 0.29) is 5.75 Å². The fourth-order valence-electron chi connectivity index (χ4n) is 1.08. The van der Waals surface area contributed by atoms with Gasteiger partial charge in [-0.1, -0.05) is 11.6 Å². The van der Waals surface area contributed by atoms with Crippen LogP contribution in [0.4, 0.5) is 0 Å². The second-order valence-corrected chi connectivity index (χ2v) is 3.34. The Bertz CT molecular complexity index is 344. The average Bonchev–Trinajstić information content (AvgIpc) is 2.18. The Balaban J connectivity index is 2.50. The first-order chi connectivity index (χ1) is 6.74. The van der Waals surface area contributed by atoms with Crippen molar-refractivity contribution in [2.75, 3.05) is 6.54 Å². The molecular weight excluding hydrogens is 198 g/mol. The third-order valence-corrected chi connectivity index (χ3v) is 2.04. The van der Waals surface area contributed by atoms with Crippen molar-refractivity contribution in [2.45, 2.75) is 13.0 Å². The molecule has 0 amide bonds. The van der Waals surface area contributed by atoms with Gasteiger partial charge < -0.3 is 10.4 Å². The lowest BCUT2D eigenvalue weighted by Gasteiger charge is -2.05. The second-order valence-electron chi connectivity index (χ2n) is 2.90. The maximum absolute atomic E-state index is 9.45. The van der Waals surface area contributed by atoms with Gasteiger partial charge in [0, 0.05) is 30.1 Å². The maximum Gasteiger partial charge on any atom is 0.120 e. The Kier molecular flexibility index (Phi) is 4.31. The first-order valence-corrected chi connectivity index (χ1v) is 4.73. The predicted molar refractivity (Wildman–Crippen MR) is 58.3 cm³/mol. The summed E-state index contributed by atoms with van der Waals surface area (Å²) in [4.78, 5) is 0. The van der Waals surface area contributed by atoms with E-state index in [1.165, 1.54) is 0 Å². The van der Waals surface area contributed by atoms with Gasteiger partial charge in [0.2, 0.25) is 0 Å². The summed E-state index contributed by atoms with van der Waals surface area (Å²) in [5.41, 5.74) is 0.787. The molecule has 2 nitrogen and oxygen atoms in total. The van der Waals surface area contributed by atoms with E-state index in [2.05, 4.69) is 11.2 Å². The molecule has 1 aromatic rings. The van der Waals surface area contributed by atoms with Gasteiger partial charge in [0.25, 0.3) is 0 Å². The molecule has 0 saturated heterocycles. The van der Waals surface area contributed by atoms with Gasteiger partial charge in [0.05, 0.1) is 0 Å². The molecule has 0 aromatic heterocycles. The fraction of sp³-hybridized carbons (Fsp3) is 0.273. The van der Waals surface area contributed by atoms with E-state index < -0.39 is 0 Å². The van der Waals surface area contributed by atoms with Crippen LogP contribution in [0.15, 0.2) is 18.2 Å². The summed E-state index contributed by atoms with van der Waals surface area (Å²) in [6.07, 6.45) is 5.78. The summed E-state index contributed by atoms with van der Waals surface area (Å²) in [7, 11) is 0. The van der Waals surface area contributed by atoms with Crippen LogP contribution in [0.1, 0.15) is 12.0 Å². The van der Waals surface area contributed by atoms with Crippen molar-refractivity contribution in [3.63, 3.8) is 0 Å². The number of benzene rings is 1. The van der Waals surface area contributed by atoms with E-state index in [4.69, 9.17) is 18.0 Å². The molecule has 0 aliphatic carbocycles. The number of nitrogens with one attached hydrogen (secondary N) is 1. The van der Waals surface area contributed by atoms with Gasteiger partial charge in [0.1, 0.15) is 5.75 Å². The van der Waals surface area contributed by atoms with Crippen molar-refractivity contribution in [2.24, 2.45) is 0 Å². The van der Waals surface area contributed by atoms with Crippen molar-refractivity contribution in [1.29, 1.82) is 0 Å². The number of hydrogen-bond donors (Lipinski definition) is 2. The van der Waals surface area contributed by atoms with E-state index >= 15 is 0 Å². The van der Waals surface area contributed by atoms with Gasteiger partial charge >= 0.3 is 0 Å². The van der Waals surface area contributed by atoms with E-state index in [0.717, 1.165) is 12.1 Å². The lowest BCUT2D eigenvalue weighted by molar-refractivity contribution is 0.465. The van der Waals surface area contributed by atoms with Crippen molar-refractivity contribution in [3.8, 4) is 18.1 Å². The van der Waals surface area contributed by atoms with Gasteiger partial charge in [-0.15, -0.1) is 12.3 Å². The monoisotopic (exact) mass is 209 g/mol. The van der Waals surface area contributed by atoms with Gasteiger partial charge in [0.15, 0.2) is 0 Å². The highest BCUT2D eigenvalue weighted by molar-refractivity contribution is 6.30. The highest BCUT2D eigenvalue weighted by atomic mass is 35.5. The predicted octanol–water partition coefficient (Wildman–Crippen LogP) is 2.16. The minimum absolute atomic E-state index is 0.252. The zero-order valence-electron chi connectivity index (χ0n) is 7.76. The molecule has 1 rings (SSSR count). The normalized spacial score (nSPS) is 9.71. The third kappa shape index (κ3) is 3.29. The molecule has 0 saturated carbocycles. The van der Waals surface area contributed by atoms with E-state index in [9.17, 15) is 5.11 Å². The minimum Gasteiger partial charge on any atom is -0.508 e. The summed E-state index contributed by atoms with van der Waals surface area (Å²) in [6, 6.07) is 4.97. The first-order valence-electron chi connectivity index (χ1n) is 4.35. The van der Waals surface area contributed by atoms with E-state index in [1.807, 2.05) is 0 Å². The Morgan fingerprint density at radius 3 is 3.00 bits per heavy atom. The smallest absolute Gasteiger partial charge is 0.120 e. The van der Waals surface area contributed by atoms with Crippen LogP contribution in [-0.2, 0) is 6.54 Å². The molecule has 0 radical (unpaired) electrons. The van der Waals surface area contributed by atoms with Crippen molar-refractivity contribution >= 4 is 11.6 Å². The molecule has 0 spiro atoms. The molecule has 0 atom stereocenters. The summed E-state index contributed by atoms with van der Waals surface area (Å²) < 4.78 is 0. The molecule has 1 aromatic carbocycles. The van der Waals surface area contributed by atoms with Crippen LogP contribution in [0.5, 0.6) is 5.75 Å². The minimum atomic E-state index is 0.252. The van der Waals surface area contributed by atoms with Gasteiger partial charge in [-0.2, -0.15) is 0 Å². The quantitative estimate of drug-likeness (QED) is 0.589. The number of rotatable bonds is 4. The van der Waals surface area contributed by atoms with Crippen LogP contribution in [0.25, 0.3) is 0 Å². The molecule has 0 heterocycles. The molecule has 74 valence electrons. The molecule has 0 aliphatic rings. The summed E-state index contributed by atoms with van der Waals surface area (Å²) in [5.74, 6) is 2.78. The lowest BCUT2D eigenvalue weighted by atomic mass is 10.2. The van der Waals surface area contributed by atoms with Crippen LogP contribution in [0.3, 0.4) is 0 Å². The highest BCUT2D eigenvalue weighted by Gasteiger charge is 2.00. The second kappa shape index (κ2) is 5.54. The molecule has 3 heteroatoms. The van der Waals surface area contributed by atoms with E-state index in [1.54, 1.807) is 18.2 Å². The summed E-state index contributed by atoms with van der Waals surface area (Å²) in [5, 5.41) is 13.2. The van der Waals surface area contributed by atoms with Gasteiger partial charge in [-0.05, 0) is 18.2 Å². The first kappa shape index (κ1) is 10.9. The topological polar surface area (TPSA) is 32.3 Å². The highest BCUT2D eigenvalue weighted by Crippen LogP contribution is 2.20. The average molecular weight is 210 g/mol. The Hall–Kier alpha value is -1.17. The zero-order valence-corrected chi connectivity index (χ0v) is 8.51. The molecule has 0 bridgehead atoms. The number of aromatic hydroxyl groups is 1. The van der Waals surface area contributed by atoms with Crippen LogP contribution in [-0.4, -0.2) is 11.7 Å². The number of phenolic OH excluding ortho intramolecular Hbond substituents is 1. The summed E-state index contributed by atoms with van der Waals surface area (Å²) in [6.45, 7) is 1.32. The number of hydrogen-bond acceptors (Lipinski definition) is 2. The third-order valence-electron chi connectivity index (χ3n) is 1.80. The molecular formula is C11H12ClNO. The van der Waals surface area contributed by atoms with Crippen LogP contribution < -0.4 is 5.32 Å². The Morgan fingerprint density at radius 2 is 2.29 bits per heavy atom. The fourth-order valence-corrected chi connectivity index (χ4v) is 1.27. The Labute approximate surface area is 88.9 Å². The SMILES string of the molecule is C#CCCNCc1cc(Cl)ccc1O. The van der Waals surface area contributed by atoms with Crippen LogP contribution in [0.2, 0.25) is 5.02 Å². The number of terminal acetylenes is 1. The van der Waals surface area contributed by atoms with Crippen molar-refractivity contribution in [1.82, 2.24) is 5.32 Å². The zero-order chi connectivity index (χ0) is 10.4. The maximum atomic E-state index is 9.45. The van der Waals surface area contributed by atoms with Gasteiger partial charge in [-0.25, -0.2) is 0 Å². The van der Waals surface area contributed by atoms with E-state index in [0.29, 0.717) is 18.0 Å². The standard InChI is InChI=1S/C11H12ClNO/c1-2-3-6-13-8-9-7-10(12)4-5-11(9)14/h1,4-5,7,13-14H,3,6,8H2. The molecule has 0 aliphatic heterocycles. The number of halogens is 1. The van der Waals surface area contributed by atoms with Crippen LogP contribution in [0, 0.1) is 12.3 Å². The van der Waals surface area contributed by atoms with Crippen LogP contribution >= 0.6 is 11.6 Å². The van der Waals surface area contributed by atoms with Gasteiger partial charge in [-0.3, -0.25) is 0 Å².